The highest BCUT2D eigenvalue weighted by atomic mass is 16.6. The van der Waals surface area contributed by atoms with E-state index in [9.17, 15) is 14.7 Å². The van der Waals surface area contributed by atoms with Gasteiger partial charge in [0.1, 0.15) is 25.9 Å². The van der Waals surface area contributed by atoms with Crippen molar-refractivity contribution in [3.8, 4) is 22.6 Å². The maximum Gasteiger partial charge on any atom is 0.410 e. The number of carbonyl (C=O) groups is 2. The molecule has 0 radical (unpaired) electrons. The Morgan fingerprint density at radius 3 is 2.24 bits per heavy atom. The number of aliphatic carboxylic acids is 1. The van der Waals surface area contributed by atoms with E-state index in [0.29, 0.717) is 24.7 Å². The molecule has 1 amide bonds. The molecule has 3 aromatic rings. The van der Waals surface area contributed by atoms with Crippen molar-refractivity contribution in [2.24, 2.45) is 0 Å². The highest BCUT2D eigenvalue weighted by Crippen LogP contribution is 2.44. The Morgan fingerprint density at radius 2 is 1.59 bits per heavy atom. The van der Waals surface area contributed by atoms with Crippen LogP contribution < -0.4 is 9.47 Å². The lowest BCUT2D eigenvalue weighted by Gasteiger charge is -2.26. The van der Waals surface area contributed by atoms with E-state index in [1.54, 1.807) is 18.2 Å². The van der Waals surface area contributed by atoms with Crippen LogP contribution in [-0.4, -0.2) is 55.0 Å². The van der Waals surface area contributed by atoms with Crippen LogP contribution in [0.5, 0.6) is 11.5 Å². The number of amides is 1. The van der Waals surface area contributed by atoms with Crippen LogP contribution in [0.25, 0.3) is 11.1 Å². The highest BCUT2D eigenvalue weighted by Gasteiger charge is 2.32. The van der Waals surface area contributed by atoms with Crippen LogP contribution in [-0.2, 0) is 16.0 Å². The fraction of sp³-hybridized carbons (Fsp3) is 0.259. The van der Waals surface area contributed by atoms with E-state index in [0.717, 1.165) is 32.7 Å². The number of carbonyl (C=O) groups excluding carboxylic acids is 1. The summed E-state index contributed by atoms with van der Waals surface area (Å²) in [6.07, 6.45) is -0.557. The van der Waals surface area contributed by atoms with Crippen molar-refractivity contribution >= 4 is 12.1 Å². The summed E-state index contributed by atoms with van der Waals surface area (Å²) in [7, 11) is 1.45. The molecule has 1 heterocycles. The molecule has 34 heavy (non-hydrogen) atoms. The first-order valence-electron chi connectivity index (χ1n) is 11.2. The largest absolute Gasteiger partial charge is 0.486 e. The van der Waals surface area contributed by atoms with Crippen LogP contribution in [0.3, 0.4) is 0 Å². The third kappa shape index (κ3) is 4.05. The molecule has 1 N–H and O–H groups in total. The van der Waals surface area contributed by atoms with Gasteiger partial charge in [-0.15, -0.1) is 0 Å². The number of ether oxygens (including phenoxy) is 3. The zero-order valence-corrected chi connectivity index (χ0v) is 18.8. The van der Waals surface area contributed by atoms with Crippen molar-refractivity contribution in [3.05, 3.63) is 83.4 Å². The minimum atomic E-state index is -1.11. The van der Waals surface area contributed by atoms with Gasteiger partial charge in [-0.1, -0.05) is 54.6 Å². The van der Waals surface area contributed by atoms with Crippen LogP contribution in [0.4, 0.5) is 4.79 Å². The van der Waals surface area contributed by atoms with Gasteiger partial charge in [-0.05, 0) is 39.9 Å². The van der Waals surface area contributed by atoms with Gasteiger partial charge in [0.05, 0.1) is 0 Å². The summed E-state index contributed by atoms with van der Waals surface area (Å²) in [4.78, 5) is 26.1. The molecule has 0 unspecified atom stereocenters. The third-order valence-electron chi connectivity index (χ3n) is 6.41. The van der Waals surface area contributed by atoms with E-state index in [-0.39, 0.29) is 18.9 Å². The molecule has 0 aromatic heterocycles. The number of carboxylic acid groups (broad SMARTS) is 1. The summed E-state index contributed by atoms with van der Waals surface area (Å²) in [5.41, 5.74) is 5.20. The van der Waals surface area contributed by atoms with Gasteiger partial charge in [0.2, 0.25) is 0 Å². The molecule has 0 saturated carbocycles. The molecular formula is C27H25NO6. The second-order valence-electron chi connectivity index (χ2n) is 8.45. The normalized spacial score (nSPS) is 14.6. The van der Waals surface area contributed by atoms with Crippen LogP contribution in [0.15, 0.2) is 66.7 Å². The van der Waals surface area contributed by atoms with Gasteiger partial charge in [-0.25, -0.2) is 9.59 Å². The third-order valence-corrected chi connectivity index (χ3v) is 6.41. The van der Waals surface area contributed by atoms with Gasteiger partial charge in [-0.3, -0.25) is 4.90 Å². The summed E-state index contributed by atoms with van der Waals surface area (Å²) >= 11 is 0. The monoisotopic (exact) mass is 459 g/mol. The van der Waals surface area contributed by atoms with E-state index in [1.165, 1.54) is 7.05 Å². The van der Waals surface area contributed by atoms with Crippen molar-refractivity contribution in [2.75, 3.05) is 26.9 Å². The van der Waals surface area contributed by atoms with Gasteiger partial charge in [0.25, 0.3) is 0 Å². The number of hydrogen-bond acceptors (Lipinski definition) is 5. The average Bonchev–Trinajstić information content (AvgIpc) is 3.19. The molecule has 1 aliphatic carbocycles. The zero-order chi connectivity index (χ0) is 23.7. The number of benzene rings is 3. The summed E-state index contributed by atoms with van der Waals surface area (Å²) < 4.78 is 16.8. The van der Waals surface area contributed by atoms with Crippen molar-refractivity contribution < 1.29 is 28.9 Å². The molecule has 1 atom stereocenters. The maximum absolute atomic E-state index is 12.9. The fourth-order valence-corrected chi connectivity index (χ4v) is 4.65. The molecule has 0 fully saturated rings. The molecule has 2 aliphatic rings. The Balaban J connectivity index is 1.29. The molecule has 7 nitrogen and oxygen atoms in total. The lowest BCUT2D eigenvalue weighted by atomic mass is 9.98. The van der Waals surface area contributed by atoms with E-state index >= 15 is 0 Å². The average molecular weight is 459 g/mol. The van der Waals surface area contributed by atoms with Crippen LogP contribution in [0.1, 0.15) is 22.6 Å². The predicted octanol–water partition coefficient (Wildman–Crippen LogP) is 4.33. The fourth-order valence-electron chi connectivity index (χ4n) is 4.65. The highest BCUT2D eigenvalue weighted by molar-refractivity contribution is 5.81. The minimum Gasteiger partial charge on any atom is -0.486 e. The molecule has 0 bridgehead atoms. The lowest BCUT2D eigenvalue weighted by molar-refractivity contribution is -0.142. The zero-order valence-electron chi connectivity index (χ0n) is 18.8. The Bertz CT molecular complexity index is 1190. The second-order valence-corrected chi connectivity index (χ2v) is 8.45. The first-order chi connectivity index (χ1) is 16.5. The second kappa shape index (κ2) is 9.09. The molecule has 5 rings (SSSR count). The first-order valence-corrected chi connectivity index (χ1v) is 11.2. The van der Waals surface area contributed by atoms with Gasteiger partial charge in [-0.2, -0.15) is 0 Å². The Hall–Kier alpha value is -4.00. The lowest BCUT2D eigenvalue weighted by Crippen LogP contribution is -2.44. The van der Waals surface area contributed by atoms with Crippen molar-refractivity contribution in [2.45, 2.75) is 18.4 Å². The molecule has 0 spiro atoms. The minimum absolute atomic E-state index is 0.0918. The van der Waals surface area contributed by atoms with Gasteiger partial charge >= 0.3 is 12.1 Å². The Labute approximate surface area is 197 Å². The van der Waals surface area contributed by atoms with Crippen molar-refractivity contribution in [3.63, 3.8) is 0 Å². The smallest absolute Gasteiger partial charge is 0.410 e. The summed E-state index contributed by atoms with van der Waals surface area (Å²) in [6.45, 7) is 1.06. The SMILES string of the molecule is CN(C(=O)OCC1c2ccccc2-c2ccccc21)[C@@H](Cc1ccc2c(c1)OCCO2)C(=O)O. The van der Waals surface area contributed by atoms with E-state index in [4.69, 9.17) is 14.2 Å². The van der Waals surface area contributed by atoms with Crippen LogP contribution in [0, 0.1) is 0 Å². The van der Waals surface area contributed by atoms with E-state index < -0.39 is 18.1 Å². The number of nitrogens with zero attached hydrogens (tertiary/aromatic N) is 1. The Morgan fingerprint density at radius 1 is 0.971 bits per heavy atom. The van der Waals surface area contributed by atoms with Gasteiger partial charge < -0.3 is 19.3 Å². The van der Waals surface area contributed by atoms with Gasteiger partial charge in [0, 0.05) is 19.4 Å². The standard InChI is InChI=1S/C27H25NO6/c1-28(23(26(29)30)14-17-10-11-24-25(15-17)33-13-12-32-24)27(31)34-16-22-20-8-4-2-6-18(20)19-7-3-5-9-21(19)22/h2-11,15,22-23H,12-14,16H2,1H3,(H,29,30)/t23-/m0/s1. The topological polar surface area (TPSA) is 85.3 Å². The first kappa shape index (κ1) is 21.8. The summed E-state index contributed by atoms with van der Waals surface area (Å²) in [6, 6.07) is 20.4. The summed E-state index contributed by atoms with van der Waals surface area (Å²) in [5.74, 6) is 0.0140. The maximum atomic E-state index is 12.9. The number of fused-ring (bicyclic) bond motifs is 4. The van der Waals surface area contributed by atoms with Crippen molar-refractivity contribution in [1.82, 2.24) is 4.90 Å². The molecule has 174 valence electrons. The number of rotatable bonds is 6. The predicted molar refractivity (Wildman–Crippen MR) is 125 cm³/mol. The van der Waals surface area contributed by atoms with Crippen LogP contribution >= 0.6 is 0 Å². The van der Waals surface area contributed by atoms with Crippen molar-refractivity contribution in [1.29, 1.82) is 0 Å². The number of likely N-dealkylation sites (N-methyl/N-ethyl adjacent to an activating group) is 1. The molecular weight excluding hydrogens is 434 g/mol. The molecule has 0 saturated heterocycles. The summed E-state index contributed by atoms with van der Waals surface area (Å²) in [5, 5.41) is 9.83. The Kier molecular flexibility index (Phi) is 5.84. The molecule has 3 aromatic carbocycles. The quantitative estimate of drug-likeness (QED) is 0.591. The van der Waals surface area contributed by atoms with E-state index in [2.05, 4.69) is 12.1 Å². The molecule has 7 heteroatoms. The number of hydrogen-bond donors (Lipinski definition) is 1. The van der Waals surface area contributed by atoms with E-state index in [1.807, 2.05) is 36.4 Å². The van der Waals surface area contributed by atoms with Crippen LogP contribution in [0.2, 0.25) is 0 Å². The van der Waals surface area contributed by atoms with Gasteiger partial charge in [0.15, 0.2) is 11.5 Å². The molecule has 1 aliphatic heterocycles. The number of carboxylic acids is 1.